The number of nitrogens with zero attached hydrogens (tertiary/aromatic N) is 3. The molecular formula is C24H22F3N5O2. The maximum atomic E-state index is 12.5. The van der Waals surface area contributed by atoms with Crippen molar-refractivity contribution in [3.63, 3.8) is 0 Å². The second kappa shape index (κ2) is 9.34. The van der Waals surface area contributed by atoms with Gasteiger partial charge >= 0.3 is 6.36 Å². The quantitative estimate of drug-likeness (QED) is 0.397. The number of alkyl halides is 3. The van der Waals surface area contributed by atoms with Gasteiger partial charge in [0.05, 0.1) is 12.6 Å². The number of anilines is 3. The summed E-state index contributed by atoms with van der Waals surface area (Å²) in [7, 11) is 1.60. The van der Waals surface area contributed by atoms with Gasteiger partial charge in [0.25, 0.3) is 0 Å². The van der Waals surface area contributed by atoms with Crippen LogP contribution >= 0.6 is 0 Å². The van der Waals surface area contributed by atoms with Crippen LogP contribution in [-0.2, 0) is 13.1 Å². The molecule has 0 spiro atoms. The fourth-order valence-electron chi connectivity index (χ4n) is 3.56. The van der Waals surface area contributed by atoms with E-state index in [1.54, 1.807) is 25.3 Å². The third kappa shape index (κ3) is 5.58. The van der Waals surface area contributed by atoms with E-state index in [1.165, 1.54) is 12.1 Å². The fourth-order valence-corrected chi connectivity index (χ4v) is 3.56. The summed E-state index contributed by atoms with van der Waals surface area (Å²) in [6.07, 6.45) is -4.74. The Kier molecular flexibility index (Phi) is 6.31. The lowest BCUT2D eigenvalue weighted by Gasteiger charge is -2.26. The van der Waals surface area contributed by atoms with Gasteiger partial charge < -0.3 is 25.8 Å². The molecule has 0 aliphatic carbocycles. The van der Waals surface area contributed by atoms with Crippen molar-refractivity contribution in [3.05, 3.63) is 77.9 Å². The Balaban J connectivity index is 1.66. The average Bonchev–Trinajstić information content (AvgIpc) is 2.79. The van der Waals surface area contributed by atoms with Gasteiger partial charge in [-0.2, -0.15) is 4.98 Å². The zero-order chi connectivity index (χ0) is 24.3. The van der Waals surface area contributed by atoms with Gasteiger partial charge in [0.1, 0.15) is 17.3 Å². The molecule has 0 atom stereocenters. The first-order valence-electron chi connectivity index (χ1n) is 10.3. The lowest BCUT2D eigenvalue weighted by molar-refractivity contribution is -0.274. The monoisotopic (exact) mass is 469 g/mol. The van der Waals surface area contributed by atoms with E-state index in [1.807, 2.05) is 36.4 Å². The van der Waals surface area contributed by atoms with E-state index in [9.17, 15) is 13.2 Å². The van der Waals surface area contributed by atoms with Crippen molar-refractivity contribution in [1.82, 2.24) is 9.97 Å². The Morgan fingerprint density at radius 1 is 0.824 bits per heavy atom. The summed E-state index contributed by atoms with van der Waals surface area (Å²) in [6.45, 7) is 0.936. The summed E-state index contributed by atoms with van der Waals surface area (Å²) in [6, 6.07) is 19.0. The molecule has 34 heavy (non-hydrogen) atoms. The molecule has 7 nitrogen and oxygen atoms in total. The van der Waals surface area contributed by atoms with Crippen LogP contribution in [0, 0.1) is 0 Å². The predicted molar refractivity (Wildman–Crippen MR) is 124 cm³/mol. The topological polar surface area (TPSA) is 99.5 Å². The van der Waals surface area contributed by atoms with Crippen molar-refractivity contribution in [1.29, 1.82) is 0 Å². The zero-order valence-corrected chi connectivity index (χ0v) is 18.2. The molecule has 0 bridgehead atoms. The lowest BCUT2D eigenvalue weighted by Crippen LogP contribution is -2.22. The van der Waals surface area contributed by atoms with Crippen molar-refractivity contribution < 1.29 is 22.6 Å². The number of hydrogen-bond acceptors (Lipinski definition) is 7. The molecule has 4 aromatic rings. The van der Waals surface area contributed by atoms with Crippen LogP contribution in [0.1, 0.15) is 11.1 Å². The predicted octanol–water partition coefficient (Wildman–Crippen LogP) is 4.91. The summed E-state index contributed by atoms with van der Waals surface area (Å²) >= 11 is 0. The Hall–Kier alpha value is -4.21. The highest BCUT2D eigenvalue weighted by Gasteiger charge is 2.31. The largest absolute Gasteiger partial charge is 0.573 e. The van der Waals surface area contributed by atoms with E-state index in [0.29, 0.717) is 24.0 Å². The first kappa shape index (κ1) is 23.0. The smallest absolute Gasteiger partial charge is 0.497 e. The summed E-state index contributed by atoms with van der Waals surface area (Å²) in [5, 5.41) is 0.653. The number of methoxy groups -OCH3 is 1. The number of fused-ring (bicyclic) bond motifs is 1. The molecule has 3 aromatic carbocycles. The number of nitrogen functional groups attached to an aromatic ring is 2. The molecule has 0 saturated heterocycles. The van der Waals surface area contributed by atoms with Gasteiger partial charge in [0.2, 0.25) is 5.95 Å². The molecule has 0 aliphatic heterocycles. The molecule has 0 amide bonds. The minimum absolute atomic E-state index is 0.0917. The average molecular weight is 469 g/mol. The maximum Gasteiger partial charge on any atom is 0.573 e. The van der Waals surface area contributed by atoms with Crippen LogP contribution < -0.4 is 25.8 Å². The first-order chi connectivity index (χ1) is 16.2. The van der Waals surface area contributed by atoms with Crippen molar-refractivity contribution >= 4 is 28.4 Å². The third-order valence-electron chi connectivity index (χ3n) is 5.15. The molecule has 4 rings (SSSR count). The summed E-state index contributed by atoms with van der Waals surface area (Å²) in [4.78, 5) is 10.3. The van der Waals surface area contributed by atoms with Crippen LogP contribution in [0.15, 0.2) is 66.7 Å². The highest BCUT2D eigenvalue weighted by Crippen LogP contribution is 2.29. The molecule has 0 saturated carbocycles. The maximum absolute atomic E-state index is 12.5. The van der Waals surface area contributed by atoms with Gasteiger partial charge in [0, 0.05) is 24.2 Å². The zero-order valence-electron chi connectivity index (χ0n) is 18.2. The van der Waals surface area contributed by atoms with E-state index < -0.39 is 6.36 Å². The summed E-state index contributed by atoms with van der Waals surface area (Å²) in [5.74, 6) is 0.825. The standard InChI is InChI=1S/C24H22F3N5O2/c1-33-18-7-2-15(3-8-18)13-32(14-16-4-9-19(10-5-16)34-24(25,26)27)17-6-11-21-20(12-17)22(28)31-23(29)30-21/h2-12H,13-14H2,1H3,(H4,28,29,30,31). The van der Waals surface area contributed by atoms with Crippen molar-refractivity contribution in [2.45, 2.75) is 19.5 Å². The summed E-state index contributed by atoms with van der Waals surface area (Å²) in [5.41, 5.74) is 15.0. The van der Waals surface area contributed by atoms with Crippen LogP contribution in [0.4, 0.5) is 30.6 Å². The molecule has 0 fully saturated rings. The van der Waals surface area contributed by atoms with Crippen molar-refractivity contribution in [3.8, 4) is 11.5 Å². The molecule has 0 radical (unpaired) electrons. The molecule has 10 heteroatoms. The Morgan fingerprint density at radius 3 is 1.97 bits per heavy atom. The molecule has 4 N–H and O–H groups in total. The molecule has 0 unspecified atom stereocenters. The number of rotatable bonds is 7. The lowest BCUT2D eigenvalue weighted by atomic mass is 10.1. The van der Waals surface area contributed by atoms with Gasteiger partial charge in [-0.3, -0.25) is 0 Å². The number of ether oxygens (including phenoxy) is 2. The SMILES string of the molecule is COc1ccc(CN(Cc2ccc(OC(F)(F)F)cc2)c2ccc3nc(N)nc(N)c3c2)cc1. The van der Waals surface area contributed by atoms with Gasteiger partial charge in [-0.05, 0) is 53.6 Å². The van der Waals surface area contributed by atoms with E-state index in [4.69, 9.17) is 16.2 Å². The Morgan fingerprint density at radius 2 is 1.41 bits per heavy atom. The minimum atomic E-state index is -4.74. The molecular weight excluding hydrogens is 447 g/mol. The van der Waals surface area contributed by atoms with Gasteiger partial charge in [-0.1, -0.05) is 24.3 Å². The summed E-state index contributed by atoms with van der Waals surface area (Å²) < 4.78 is 46.7. The van der Waals surface area contributed by atoms with Crippen LogP contribution in [0.3, 0.4) is 0 Å². The van der Waals surface area contributed by atoms with E-state index in [0.717, 1.165) is 22.6 Å². The second-order valence-corrected chi connectivity index (χ2v) is 7.56. The minimum Gasteiger partial charge on any atom is -0.497 e. The number of aromatic nitrogens is 2. The van der Waals surface area contributed by atoms with Gasteiger partial charge in [-0.25, -0.2) is 4.98 Å². The highest BCUT2D eigenvalue weighted by molar-refractivity contribution is 5.91. The van der Waals surface area contributed by atoms with E-state index in [2.05, 4.69) is 19.6 Å². The van der Waals surface area contributed by atoms with Crippen LogP contribution in [0.25, 0.3) is 10.9 Å². The Labute approximate surface area is 193 Å². The molecule has 1 heterocycles. The van der Waals surface area contributed by atoms with E-state index in [-0.39, 0.29) is 17.5 Å². The van der Waals surface area contributed by atoms with Crippen molar-refractivity contribution in [2.24, 2.45) is 0 Å². The number of hydrogen-bond donors (Lipinski definition) is 2. The third-order valence-corrected chi connectivity index (χ3v) is 5.15. The van der Waals surface area contributed by atoms with Crippen molar-refractivity contribution in [2.75, 3.05) is 23.5 Å². The molecule has 176 valence electrons. The number of nitrogens with two attached hydrogens (primary N) is 2. The number of halogens is 3. The van der Waals surface area contributed by atoms with E-state index >= 15 is 0 Å². The number of benzene rings is 3. The molecule has 0 aliphatic rings. The second-order valence-electron chi connectivity index (χ2n) is 7.56. The van der Waals surface area contributed by atoms with Crippen LogP contribution in [0.2, 0.25) is 0 Å². The first-order valence-corrected chi connectivity index (χ1v) is 10.3. The normalized spacial score (nSPS) is 11.4. The highest BCUT2D eigenvalue weighted by atomic mass is 19.4. The van der Waals surface area contributed by atoms with Gasteiger partial charge in [0.15, 0.2) is 0 Å². The Bertz CT molecular complexity index is 1280. The van der Waals surface area contributed by atoms with Crippen LogP contribution in [-0.4, -0.2) is 23.4 Å². The molecule has 1 aromatic heterocycles. The van der Waals surface area contributed by atoms with Gasteiger partial charge in [-0.15, -0.1) is 13.2 Å². The fraction of sp³-hybridized carbons (Fsp3) is 0.167. The van der Waals surface area contributed by atoms with Crippen LogP contribution in [0.5, 0.6) is 11.5 Å².